The molecular weight excluding hydrogens is 383 g/mol. The zero-order chi connectivity index (χ0) is 21.0. The quantitative estimate of drug-likeness (QED) is 0.511. The molecule has 1 fully saturated rings. The van der Waals surface area contributed by atoms with Crippen LogP contribution in [0.25, 0.3) is 11.6 Å². The van der Waals surface area contributed by atoms with Crippen molar-refractivity contribution in [3.05, 3.63) is 65.9 Å². The number of hydrogen-bond donors (Lipinski definition) is 3. The fourth-order valence-electron chi connectivity index (χ4n) is 2.88. The van der Waals surface area contributed by atoms with E-state index in [1.807, 2.05) is 0 Å². The van der Waals surface area contributed by atoms with E-state index in [0.29, 0.717) is 11.4 Å². The van der Waals surface area contributed by atoms with Gasteiger partial charge in [0.25, 0.3) is 5.92 Å². The van der Waals surface area contributed by atoms with E-state index in [2.05, 4.69) is 10.3 Å². The van der Waals surface area contributed by atoms with Crippen molar-refractivity contribution in [2.45, 2.75) is 5.92 Å². The first-order chi connectivity index (χ1) is 13.8. The van der Waals surface area contributed by atoms with Crippen molar-refractivity contribution in [2.24, 2.45) is 5.73 Å². The summed E-state index contributed by atoms with van der Waals surface area (Å²) in [4.78, 5) is 17.4. The van der Waals surface area contributed by atoms with Crippen LogP contribution < -0.4 is 16.0 Å². The highest BCUT2D eigenvalue weighted by atomic mass is 19.3. The van der Waals surface area contributed by atoms with Crippen LogP contribution in [0.1, 0.15) is 11.1 Å². The zero-order valence-corrected chi connectivity index (χ0v) is 15.2. The van der Waals surface area contributed by atoms with Gasteiger partial charge in [0, 0.05) is 52.8 Å². The van der Waals surface area contributed by atoms with E-state index in [1.54, 1.807) is 24.3 Å². The summed E-state index contributed by atoms with van der Waals surface area (Å²) in [7, 11) is 0. The number of alkyl halides is 2. The summed E-state index contributed by atoms with van der Waals surface area (Å²) >= 11 is 0. The van der Waals surface area contributed by atoms with Gasteiger partial charge in [0.1, 0.15) is 5.82 Å². The van der Waals surface area contributed by atoms with E-state index in [9.17, 15) is 18.0 Å². The molecule has 150 valence electrons. The summed E-state index contributed by atoms with van der Waals surface area (Å²) in [5.41, 5.74) is 7.06. The van der Waals surface area contributed by atoms with Gasteiger partial charge in [0.2, 0.25) is 5.91 Å². The summed E-state index contributed by atoms with van der Waals surface area (Å²) in [6, 6.07) is 6.51. The van der Waals surface area contributed by atoms with Crippen LogP contribution in [0.5, 0.6) is 0 Å². The third kappa shape index (κ3) is 4.63. The SMILES string of the molecule is N=C/C(=C\N)c1c(F)cncc1/C=C/C(=O)Nc1ccc(N2CC(F)(F)C2)cc1. The highest BCUT2D eigenvalue weighted by Gasteiger charge is 2.43. The Balaban J connectivity index is 1.68. The highest BCUT2D eigenvalue weighted by molar-refractivity contribution is 6.10. The number of nitrogens with zero attached hydrogens (tertiary/aromatic N) is 2. The topological polar surface area (TPSA) is 95.1 Å². The molecule has 3 rings (SSSR count). The molecule has 1 aromatic carbocycles. The van der Waals surface area contributed by atoms with E-state index >= 15 is 0 Å². The van der Waals surface area contributed by atoms with Gasteiger partial charge in [-0.3, -0.25) is 9.78 Å². The van der Waals surface area contributed by atoms with Crippen LogP contribution in [0.2, 0.25) is 0 Å². The molecule has 1 aliphatic rings. The van der Waals surface area contributed by atoms with Gasteiger partial charge in [-0.05, 0) is 30.3 Å². The predicted molar refractivity (Wildman–Crippen MR) is 106 cm³/mol. The molecular formula is C20H18F3N5O. The lowest BCUT2D eigenvalue weighted by molar-refractivity contribution is -0.111. The number of hydrogen-bond acceptors (Lipinski definition) is 5. The molecule has 0 saturated carbocycles. The van der Waals surface area contributed by atoms with Crippen LogP contribution in [-0.4, -0.2) is 36.1 Å². The molecule has 1 saturated heterocycles. The molecule has 0 aliphatic carbocycles. The molecule has 1 amide bonds. The summed E-state index contributed by atoms with van der Waals surface area (Å²) in [5.74, 6) is -3.80. The Morgan fingerprint density at radius 1 is 1.24 bits per heavy atom. The second-order valence-electron chi connectivity index (χ2n) is 6.43. The Labute approximate surface area is 165 Å². The average molecular weight is 401 g/mol. The second-order valence-corrected chi connectivity index (χ2v) is 6.43. The molecule has 2 heterocycles. The maximum Gasteiger partial charge on any atom is 0.282 e. The third-order valence-corrected chi connectivity index (χ3v) is 4.31. The van der Waals surface area contributed by atoms with Crippen molar-refractivity contribution in [3.8, 4) is 0 Å². The summed E-state index contributed by atoms with van der Waals surface area (Å²) < 4.78 is 40.0. The van der Waals surface area contributed by atoms with Crippen LogP contribution >= 0.6 is 0 Å². The number of carbonyl (C=O) groups excluding carboxylic acids is 1. The van der Waals surface area contributed by atoms with Crippen molar-refractivity contribution < 1.29 is 18.0 Å². The lowest BCUT2D eigenvalue weighted by Crippen LogP contribution is -2.56. The molecule has 0 atom stereocenters. The largest absolute Gasteiger partial charge is 0.404 e. The minimum Gasteiger partial charge on any atom is -0.404 e. The molecule has 0 bridgehead atoms. The zero-order valence-electron chi connectivity index (χ0n) is 15.2. The summed E-state index contributed by atoms with van der Waals surface area (Å²) in [5, 5.41) is 9.97. The predicted octanol–water partition coefficient (Wildman–Crippen LogP) is 3.28. The summed E-state index contributed by atoms with van der Waals surface area (Å²) in [6.07, 6.45) is 6.91. The van der Waals surface area contributed by atoms with Crippen molar-refractivity contribution in [3.63, 3.8) is 0 Å². The number of benzene rings is 1. The van der Waals surface area contributed by atoms with Gasteiger partial charge in [-0.25, -0.2) is 13.2 Å². The first kappa shape index (κ1) is 20.1. The third-order valence-electron chi connectivity index (χ3n) is 4.31. The Kier molecular flexibility index (Phi) is 5.67. The Hall–Kier alpha value is -3.62. The lowest BCUT2D eigenvalue weighted by atomic mass is 10.0. The molecule has 2 aromatic rings. The van der Waals surface area contributed by atoms with Gasteiger partial charge >= 0.3 is 0 Å². The fraction of sp³-hybridized carbons (Fsp3) is 0.150. The number of amides is 1. The average Bonchev–Trinajstić information content (AvgIpc) is 2.67. The van der Waals surface area contributed by atoms with Crippen LogP contribution in [0.15, 0.2) is 48.9 Å². The van der Waals surface area contributed by atoms with E-state index in [4.69, 9.17) is 11.1 Å². The van der Waals surface area contributed by atoms with E-state index in [0.717, 1.165) is 18.6 Å². The standard InChI is InChI=1S/C20H18F3N5O/c21-17-10-26-9-13(19(17)14(7-24)8-25)1-6-18(29)27-15-2-4-16(5-3-15)28-11-20(22,23)12-28/h1-10,24H,11-12,25H2,(H,27,29)/b6-1+,14-8+,24-7?. The Bertz CT molecular complexity index is 978. The molecule has 29 heavy (non-hydrogen) atoms. The number of pyridine rings is 1. The maximum absolute atomic E-state index is 14.1. The fourth-order valence-corrected chi connectivity index (χ4v) is 2.88. The number of nitrogens with one attached hydrogen (secondary N) is 2. The molecule has 0 unspecified atom stereocenters. The first-order valence-corrected chi connectivity index (χ1v) is 8.61. The van der Waals surface area contributed by atoms with Crippen LogP contribution in [0.4, 0.5) is 24.5 Å². The van der Waals surface area contributed by atoms with Gasteiger partial charge in [0.15, 0.2) is 0 Å². The highest BCUT2D eigenvalue weighted by Crippen LogP contribution is 2.32. The van der Waals surface area contributed by atoms with Crippen molar-refractivity contribution in [1.29, 1.82) is 5.41 Å². The number of halogens is 3. The summed E-state index contributed by atoms with van der Waals surface area (Å²) in [6.45, 7) is -0.638. The van der Waals surface area contributed by atoms with Crippen LogP contribution in [0, 0.1) is 11.2 Å². The number of carbonyl (C=O) groups is 1. The molecule has 1 aliphatic heterocycles. The number of allylic oxidation sites excluding steroid dienone is 1. The number of nitrogens with two attached hydrogens (primary N) is 1. The normalized spacial score (nSPS) is 15.8. The Morgan fingerprint density at radius 2 is 1.93 bits per heavy atom. The van der Waals surface area contributed by atoms with E-state index < -0.39 is 17.6 Å². The van der Waals surface area contributed by atoms with Gasteiger partial charge < -0.3 is 21.4 Å². The molecule has 9 heteroatoms. The van der Waals surface area contributed by atoms with Gasteiger partial charge in [0.05, 0.1) is 19.3 Å². The van der Waals surface area contributed by atoms with Crippen LogP contribution in [0.3, 0.4) is 0 Å². The minimum absolute atomic E-state index is 0.0669. The van der Waals surface area contributed by atoms with Crippen molar-refractivity contribution in [2.75, 3.05) is 23.3 Å². The van der Waals surface area contributed by atoms with Crippen LogP contribution in [-0.2, 0) is 4.79 Å². The Morgan fingerprint density at radius 3 is 2.52 bits per heavy atom. The number of rotatable bonds is 6. The molecule has 6 nitrogen and oxygen atoms in total. The van der Waals surface area contributed by atoms with Gasteiger partial charge in [-0.15, -0.1) is 0 Å². The monoisotopic (exact) mass is 401 g/mol. The first-order valence-electron chi connectivity index (χ1n) is 8.61. The molecule has 0 radical (unpaired) electrons. The number of aromatic nitrogens is 1. The smallest absolute Gasteiger partial charge is 0.282 e. The van der Waals surface area contributed by atoms with Gasteiger partial charge in [-0.1, -0.05) is 0 Å². The van der Waals surface area contributed by atoms with E-state index in [-0.39, 0.29) is 29.8 Å². The molecule has 1 aromatic heterocycles. The number of anilines is 2. The maximum atomic E-state index is 14.1. The molecule has 4 N–H and O–H groups in total. The van der Waals surface area contributed by atoms with E-state index in [1.165, 1.54) is 23.2 Å². The molecule has 0 spiro atoms. The van der Waals surface area contributed by atoms with Crippen molar-refractivity contribution >= 4 is 35.1 Å². The minimum atomic E-state index is -2.65. The van der Waals surface area contributed by atoms with Crippen molar-refractivity contribution in [1.82, 2.24) is 4.98 Å². The van der Waals surface area contributed by atoms with Gasteiger partial charge in [-0.2, -0.15) is 0 Å². The second kappa shape index (κ2) is 8.17. The lowest BCUT2D eigenvalue weighted by Gasteiger charge is -2.40.